The Hall–Kier alpha value is -1.73. The first-order valence-electron chi connectivity index (χ1n) is 8.12. The third-order valence-corrected chi connectivity index (χ3v) is 5.31. The van der Waals surface area contributed by atoms with E-state index in [0.717, 1.165) is 25.9 Å². The molecule has 3 heterocycles. The molecule has 2 aromatic heterocycles. The second-order valence-electron chi connectivity index (χ2n) is 5.98. The number of rotatable bonds is 6. The van der Waals surface area contributed by atoms with Crippen LogP contribution in [-0.4, -0.2) is 44.2 Å². The van der Waals surface area contributed by atoms with Gasteiger partial charge < -0.3 is 5.32 Å². The second-order valence-corrected chi connectivity index (χ2v) is 7.01. The first kappa shape index (κ1) is 16.1. The van der Waals surface area contributed by atoms with Gasteiger partial charge in [0.05, 0.1) is 19.1 Å². The molecule has 2 unspecified atom stereocenters. The first-order valence-corrected chi connectivity index (χ1v) is 9.00. The zero-order chi connectivity index (χ0) is 16.1. The minimum atomic E-state index is -0.121. The number of hydrogen-bond acceptors (Lipinski definition) is 5. The zero-order valence-corrected chi connectivity index (χ0v) is 14.2. The summed E-state index contributed by atoms with van der Waals surface area (Å²) in [6.45, 7) is 4.38. The summed E-state index contributed by atoms with van der Waals surface area (Å²) in [5, 5.41) is 9.29. The standard InChI is InChI=1S/C16H23N5OS/c1-13(16(22)18-9-15-6-4-8-23-15)21-7-3-2-5-14(21)10-20-12-17-11-19-20/h4,6,8,11-14H,2-3,5,7,9-10H2,1H3,(H,18,22). The zero-order valence-electron chi connectivity index (χ0n) is 13.4. The molecule has 23 heavy (non-hydrogen) atoms. The van der Waals surface area contributed by atoms with Crippen LogP contribution in [0.4, 0.5) is 0 Å². The smallest absolute Gasteiger partial charge is 0.237 e. The number of carbonyl (C=O) groups excluding carboxylic acids is 1. The van der Waals surface area contributed by atoms with Gasteiger partial charge in [0, 0.05) is 10.9 Å². The van der Waals surface area contributed by atoms with Crippen molar-refractivity contribution in [3.63, 3.8) is 0 Å². The molecule has 124 valence electrons. The number of likely N-dealkylation sites (tertiary alicyclic amines) is 1. The number of hydrogen-bond donors (Lipinski definition) is 1. The summed E-state index contributed by atoms with van der Waals surface area (Å²) >= 11 is 1.67. The molecule has 6 nitrogen and oxygen atoms in total. The summed E-state index contributed by atoms with van der Waals surface area (Å²) in [5.74, 6) is 0.101. The quantitative estimate of drug-likeness (QED) is 0.877. The Morgan fingerprint density at radius 3 is 3.17 bits per heavy atom. The third-order valence-electron chi connectivity index (χ3n) is 4.43. The number of nitrogens with one attached hydrogen (secondary N) is 1. The highest BCUT2D eigenvalue weighted by atomic mass is 32.1. The fourth-order valence-corrected chi connectivity index (χ4v) is 3.80. The predicted octanol–water partition coefficient (Wildman–Crippen LogP) is 1.90. The van der Waals surface area contributed by atoms with Gasteiger partial charge in [-0.3, -0.25) is 14.4 Å². The SMILES string of the molecule is CC(C(=O)NCc1cccs1)N1CCCCC1Cn1cncn1. The topological polar surface area (TPSA) is 63.1 Å². The van der Waals surface area contributed by atoms with Crippen molar-refractivity contribution >= 4 is 17.2 Å². The normalized spacial score (nSPS) is 20.3. The Kier molecular flexibility index (Phi) is 5.40. The fourth-order valence-electron chi connectivity index (χ4n) is 3.16. The van der Waals surface area contributed by atoms with Crippen molar-refractivity contribution in [2.45, 2.75) is 51.4 Å². The van der Waals surface area contributed by atoms with Gasteiger partial charge in [-0.05, 0) is 37.8 Å². The van der Waals surface area contributed by atoms with Crippen LogP contribution in [0.25, 0.3) is 0 Å². The van der Waals surface area contributed by atoms with Crippen molar-refractivity contribution in [3.8, 4) is 0 Å². The van der Waals surface area contributed by atoms with Gasteiger partial charge >= 0.3 is 0 Å². The molecule has 0 spiro atoms. The van der Waals surface area contributed by atoms with Gasteiger partial charge in [0.15, 0.2) is 0 Å². The molecule has 3 rings (SSSR count). The van der Waals surface area contributed by atoms with E-state index in [1.807, 2.05) is 29.1 Å². The van der Waals surface area contributed by atoms with Crippen LogP contribution in [0.5, 0.6) is 0 Å². The summed E-state index contributed by atoms with van der Waals surface area (Å²) in [6.07, 6.45) is 6.76. The van der Waals surface area contributed by atoms with Crippen LogP contribution >= 0.6 is 11.3 Å². The highest BCUT2D eigenvalue weighted by molar-refractivity contribution is 7.09. The molecule has 1 fully saturated rings. The van der Waals surface area contributed by atoms with Crippen LogP contribution in [0.15, 0.2) is 30.2 Å². The van der Waals surface area contributed by atoms with Crippen molar-refractivity contribution in [1.29, 1.82) is 0 Å². The predicted molar refractivity (Wildman–Crippen MR) is 90.0 cm³/mol. The minimum absolute atomic E-state index is 0.101. The molecule has 1 N–H and O–H groups in total. The monoisotopic (exact) mass is 333 g/mol. The molecule has 1 saturated heterocycles. The van der Waals surface area contributed by atoms with Crippen molar-refractivity contribution in [1.82, 2.24) is 25.0 Å². The molecule has 0 aliphatic carbocycles. The summed E-state index contributed by atoms with van der Waals surface area (Å²) in [5.41, 5.74) is 0. The van der Waals surface area contributed by atoms with Crippen LogP contribution < -0.4 is 5.32 Å². The van der Waals surface area contributed by atoms with E-state index >= 15 is 0 Å². The average molecular weight is 333 g/mol. The maximum Gasteiger partial charge on any atom is 0.237 e. The van der Waals surface area contributed by atoms with Gasteiger partial charge in [-0.15, -0.1) is 11.3 Å². The lowest BCUT2D eigenvalue weighted by Crippen LogP contribution is -2.52. The summed E-state index contributed by atoms with van der Waals surface area (Å²) in [4.78, 5) is 20.0. The number of piperidine rings is 1. The maximum absolute atomic E-state index is 12.5. The van der Waals surface area contributed by atoms with Crippen molar-refractivity contribution in [2.24, 2.45) is 0 Å². The van der Waals surface area contributed by atoms with Crippen LogP contribution in [-0.2, 0) is 17.9 Å². The molecule has 1 aliphatic rings. The van der Waals surface area contributed by atoms with Crippen LogP contribution in [0.1, 0.15) is 31.1 Å². The van der Waals surface area contributed by atoms with Gasteiger partial charge in [0.25, 0.3) is 0 Å². The third kappa shape index (κ3) is 4.17. The summed E-state index contributed by atoms with van der Waals surface area (Å²) < 4.78 is 1.86. The lowest BCUT2D eigenvalue weighted by atomic mass is 9.99. The van der Waals surface area contributed by atoms with E-state index in [1.165, 1.54) is 11.3 Å². The van der Waals surface area contributed by atoms with E-state index < -0.39 is 0 Å². The van der Waals surface area contributed by atoms with E-state index in [-0.39, 0.29) is 11.9 Å². The Bertz CT molecular complexity index is 598. The molecule has 0 radical (unpaired) electrons. The van der Waals surface area contributed by atoms with E-state index in [1.54, 1.807) is 24.0 Å². The van der Waals surface area contributed by atoms with Crippen LogP contribution in [0.2, 0.25) is 0 Å². The number of carbonyl (C=O) groups is 1. The number of nitrogens with zero attached hydrogens (tertiary/aromatic N) is 4. The molecule has 7 heteroatoms. The molecule has 1 amide bonds. The van der Waals surface area contributed by atoms with Crippen molar-refractivity contribution in [3.05, 3.63) is 35.0 Å². The molecule has 1 aliphatic heterocycles. The summed E-state index contributed by atoms with van der Waals surface area (Å²) in [6, 6.07) is 4.27. The van der Waals surface area contributed by atoms with E-state index in [2.05, 4.69) is 20.3 Å². The molecular weight excluding hydrogens is 310 g/mol. The van der Waals surface area contributed by atoms with Crippen LogP contribution in [0.3, 0.4) is 0 Å². The fraction of sp³-hybridized carbons (Fsp3) is 0.562. The van der Waals surface area contributed by atoms with E-state index in [4.69, 9.17) is 0 Å². The molecule has 2 atom stereocenters. The van der Waals surface area contributed by atoms with Crippen LogP contribution in [0, 0.1) is 0 Å². The van der Waals surface area contributed by atoms with Crippen molar-refractivity contribution < 1.29 is 4.79 Å². The molecule has 0 aromatic carbocycles. The van der Waals surface area contributed by atoms with Gasteiger partial charge in [-0.2, -0.15) is 5.10 Å². The van der Waals surface area contributed by atoms with Crippen molar-refractivity contribution in [2.75, 3.05) is 6.54 Å². The number of aromatic nitrogens is 3. The average Bonchev–Trinajstić information content (AvgIpc) is 3.26. The Balaban J connectivity index is 1.58. The lowest BCUT2D eigenvalue weighted by Gasteiger charge is -2.39. The molecule has 0 bridgehead atoms. The lowest BCUT2D eigenvalue weighted by molar-refractivity contribution is -0.127. The Morgan fingerprint density at radius 1 is 1.52 bits per heavy atom. The Morgan fingerprint density at radius 2 is 2.43 bits per heavy atom. The number of thiophene rings is 1. The van der Waals surface area contributed by atoms with Gasteiger partial charge in [-0.25, -0.2) is 4.98 Å². The van der Waals surface area contributed by atoms with E-state index in [0.29, 0.717) is 12.6 Å². The maximum atomic E-state index is 12.5. The Labute approximate surface area is 140 Å². The highest BCUT2D eigenvalue weighted by Crippen LogP contribution is 2.21. The molecule has 0 saturated carbocycles. The van der Waals surface area contributed by atoms with E-state index in [9.17, 15) is 4.79 Å². The highest BCUT2D eigenvalue weighted by Gasteiger charge is 2.30. The minimum Gasteiger partial charge on any atom is -0.350 e. The molecule has 2 aromatic rings. The largest absolute Gasteiger partial charge is 0.350 e. The molecular formula is C16H23N5OS. The second kappa shape index (κ2) is 7.70. The van der Waals surface area contributed by atoms with Gasteiger partial charge in [0.1, 0.15) is 12.7 Å². The first-order chi connectivity index (χ1) is 11.2. The van der Waals surface area contributed by atoms with Gasteiger partial charge in [0.2, 0.25) is 5.91 Å². The summed E-state index contributed by atoms with van der Waals surface area (Å²) in [7, 11) is 0. The number of amides is 1. The van der Waals surface area contributed by atoms with Gasteiger partial charge in [-0.1, -0.05) is 12.5 Å².